The van der Waals surface area contributed by atoms with Crippen LogP contribution in [0.4, 0.5) is 4.39 Å². The number of halogens is 2. The minimum absolute atomic E-state index is 0.0976. The first-order valence-corrected chi connectivity index (χ1v) is 8.28. The molecule has 1 N–H and O–H groups in total. The Hall–Kier alpha value is -0.450. The van der Waals surface area contributed by atoms with Crippen molar-refractivity contribution in [1.82, 2.24) is 10.2 Å². The van der Waals surface area contributed by atoms with E-state index in [2.05, 4.69) is 40.1 Å². The van der Waals surface area contributed by atoms with E-state index >= 15 is 0 Å². The Morgan fingerprint density at radius 3 is 2.90 bits per heavy atom. The van der Waals surface area contributed by atoms with E-state index in [9.17, 15) is 4.39 Å². The maximum atomic E-state index is 14.4. The molecule has 1 saturated heterocycles. The molecule has 0 aliphatic carbocycles. The summed E-state index contributed by atoms with van der Waals surface area (Å²) in [5, 5.41) is 3.44. The lowest BCUT2D eigenvalue weighted by molar-refractivity contribution is 0.185. The Bertz CT molecular complexity index is 438. The van der Waals surface area contributed by atoms with Crippen LogP contribution in [0.2, 0.25) is 0 Å². The van der Waals surface area contributed by atoms with Gasteiger partial charge in [-0.25, -0.2) is 4.39 Å². The van der Waals surface area contributed by atoms with Gasteiger partial charge < -0.3 is 5.32 Å². The van der Waals surface area contributed by atoms with Crippen LogP contribution in [0.25, 0.3) is 0 Å². The zero-order valence-electron chi connectivity index (χ0n) is 12.3. The summed E-state index contributed by atoms with van der Waals surface area (Å²) < 4.78 is 15.2. The van der Waals surface area contributed by atoms with Gasteiger partial charge in [0.15, 0.2) is 0 Å². The average molecular weight is 343 g/mol. The minimum Gasteiger partial charge on any atom is -0.317 e. The van der Waals surface area contributed by atoms with Crippen molar-refractivity contribution in [1.29, 1.82) is 0 Å². The summed E-state index contributed by atoms with van der Waals surface area (Å²) in [5.74, 6) is 0.373. The van der Waals surface area contributed by atoms with Crippen molar-refractivity contribution in [2.24, 2.45) is 5.92 Å². The standard InChI is InChI=1S/C16H24BrFN2/c1-3-19-11-12-6-4-5-9-20(2)16(12)14-8-7-13(17)10-15(14)18/h7-8,10,12,16,19H,3-6,9,11H2,1-2H3. The van der Waals surface area contributed by atoms with Crippen molar-refractivity contribution in [3.05, 3.63) is 34.1 Å². The van der Waals surface area contributed by atoms with Crippen molar-refractivity contribution in [3.63, 3.8) is 0 Å². The molecule has 0 aromatic heterocycles. The zero-order chi connectivity index (χ0) is 14.5. The Morgan fingerprint density at radius 1 is 1.40 bits per heavy atom. The summed E-state index contributed by atoms with van der Waals surface area (Å²) in [6, 6.07) is 5.63. The van der Waals surface area contributed by atoms with E-state index in [1.54, 1.807) is 6.07 Å². The van der Waals surface area contributed by atoms with Gasteiger partial charge in [-0.2, -0.15) is 0 Å². The molecule has 1 fully saturated rings. The van der Waals surface area contributed by atoms with E-state index in [1.165, 1.54) is 12.8 Å². The lowest BCUT2D eigenvalue weighted by atomic mass is 9.89. The molecule has 0 saturated carbocycles. The van der Waals surface area contributed by atoms with Crippen LogP contribution in [0.1, 0.15) is 37.8 Å². The van der Waals surface area contributed by atoms with Gasteiger partial charge in [0.05, 0.1) is 0 Å². The number of nitrogens with one attached hydrogen (secondary N) is 1. The Kier molecular flexibility index (Phi) is 6.00. The number of hydrogen-bond donors (Lipinski definition) is 1. The first-order chi connectivity index (χ1) is 9.63. The molecule has 1 aliphatic rings. The van der Waals surface area contributed by atoms with Crippen molar-refractivity contribution >= 4 is 15.9 Å². The molecule has 1 aromatic carbocycles. The summed E-state index contributed by atoms with van der Waals surface area (Å²) in [6.45, 7) is 5.09. The largest absolute Gasteiger partial charge is 0.317 e. The van der Waals surface area contributed by atoms with Crippen LogP contribution in [0.5, 0.6) is 0 Å². The molecule has 0 spiro atoms. The van der Waals surface area contributed by atoms with E-state index in [1.807, 2.05) is 12.1 Å². The van der Waals surface area contributed by atoms with Gasteiger partial charge in [0.1, 0.15) is 5.82 Å². The Labute approximate surface area is 129 Å². The second-order valence-electron chi connectivity index (χ2n) is 5.65. The number of likely N-dealkylation sites (tertiary alicyclic amines) is 1. The van der Waals surface area contributed by atoms with Crippen molar-refractivity contribution in [3.8, 4) is 0 Å². The van der Waals surface area contributed by atoms with Crippen LogP contribution in [-0.2, 0) is 0 Å². The predicted octanol–water partition coefficient (Wildman–Crippen LogP) is 3.97. The number of rotatable bonds is 4. The van der Waals surface area contributed by atoms with E-state index in [-0.39, 0.29) is 11.9 Å². The van der Waals surface area contributed by atoms with Gasteiger partial charge in [-0.1, -0.05) is 35.3 Å². The van der Waals surface area contributed by atoms with Gasteiger partial charge in [0.25, 0.3) is 0 Å². The monoisotopic (exact) mass is 342 g/mol. The molecule has 2 rings (SSSR count). The summed E-state index contributed by atoms with van der Waals surface area (Å²) in [5.41, 5.74) is 0.834. The van der Waals surface area contributed by atoms with Gasteiger partial charge in [-0.15, -0.1) is 0 Å². The fourth-order valence-electron chi connectivity index (χ4n) is 3.20. The maximum absolute atomic E-state index is 14.4. The van der Waals surface area contributed by atoms with Crippen molar-refractivity contribution in [2.45, 2.75) is 32.2 Å². The van der Waals surface area contributed by atoms with Gasteiger partial charge in [-0.3, -0.25) is 4.90 Å². The van der Waals surface area contributed by atoms with Crippen LogP contribution in [-0.4, -0.2) is 31.6 Å². The SMILES string of the molecule is CCNCC1CCCCN(C)C1c1ccc(Br)cc1F. The van der Waals surface area contributed by atoms with Gasteiger partial charge in [-0.05, 0) is 57.6 Å². The summed E-state index contributed by atoms with van der Waals surface area (Å²) in [4.78, 5) is 2.32. The summed E-state index contributed by atoms with van der Waals surface area (Å²) in [6.07, 6.45) is 3.60. The molecule has 112 valence electrons. The molecule has 2 unspecified atom stereocenters. The van der Waals surface area contributed by atoms with Gasteiger partial charge in [0.2, 0.25) is 0 Å². The highest BCUT2D eigenvalue weighted by atomic mass is 79.9. The molecule has 1 aromatic rings. The molecule has 1 aliphatic heterocycles. The zero-order valence-corrected chi connectivity index (χ0v) is 13.9. The fourth-order valence-corrected chi connectivity index (χ4v) is 3.53. The highest BCUT2D eigenvalue weighted by Crippen LogP contribution is 2.35. The molecule has 0 bridgehead atoms. The van der Waals surface area contributed by atoms with E-state index in [0.29, 0.717) is 5.92 Å². The van der Waals surface area contributed by atoms with Crippen LogP contribution in [0.3, 0.4) is 0 Å². The lowest BCUT2D eigenvalue weighted by Gasteiger charge is -2.33. The van der Waals surface area contributed by atoms with Crippen LogP contribution in [0, 0.1) is 11.7 Å². The van der Waals surface area contributed by atoms with Crippen molar-refractivity contribution < 1.29 is 4.39 Å². The second-order valence-corrected chi connectivity index (χ2v) is 6.57. The topological polar surface area (TPSA) is 15.3 Å². The maximum Gasteiger partial charge on any atom is 0.129 e. The average Bonchev–Trinajstić information content (AvgIpc) is 2.59. The van der Waals surface area contributed by atoms with E-state index in [0.717, 1.165) is 36.1 Å². The molecule has 0 radical (unpaired) electrons. The first kappa shape index (κ1) is 15.9. The predicted molar refractivity (Wildman–Crippen MR) is 85.4 cm³/mol. The lowest BCUT2D eigenvalue weighted by Crippen LogP contribution is -2.35. The minimum atomic E-state index is -0.0976. The van der Waals surface area contributed by atoms with Crippen LogP contribution < -0.4 is 5.32 Å². The van der Waals surface area contributed by atoms with E-state index < -0.39 is 0 Å². The smallest absolute Gasteiger partial charge is 0.129 e. The van der Waals surface area contributed by atoms with Crippen molar-refractivity contribution in [2.75, 3.05) is 26.7 Å². The normalized spacial score (nSPS) is 24.6. The molecule has 1 heterocycles. The number of nitrogens with zero attached hydrogens (tertiary/aromatic N) is 1. The first-order valence-electron chi connectivity index (χ1n) is 7.49. The summed E-state index contributed by atoms with van der Waals surface area (Å²) >= 11 is 3.34. The molecule has 4 heteroatoms. The summed E-state index contributed by atoms with van der Waals surface area (Å²) in [7, 11) is 2.12. The molecule has 20 heavy (non-hydrogen) atoms. The molecular weight excluding hydrogens is 319 g/mol. The van der Waals surface area contributed by atoms with Gasteiger partial charge >= 0.3 is 0 Å². The Morgan fingerprint density at radius 2 is 2.20 bits per heavy atom. The van der Waals surface area contributed by atoms with E-state index in [4.69, 9.17) is 0 Å². The van der Waals surface area contributed by atoms with Crippen LogP contribution >= 0.6 is 15.9 Å². The van der Waals surface area contributed by atoms with Crippen LogP contribution in [0.15, 0.2) is 22.7 Å². The number of hydrogen-bond acceptors (Lipinski definition) is 2. The second kappa shape index (κ2) is 7.53. The fraction of sp³-hybridized carbons (Fsp3) is 0.625. The molecular formula is C16H24BrFN2. The molecule has 2 nitrogen and oxygen atoms in total. The Balaban J connectivity index is 2.29. The third-order valence-electron chi connectivity index (χ3n) is 4.19. The molecule has 2 atom stereocenters. The van der Waals surface area contributed by atoms with Gasteiger partial charge in [0, 0.05) is 16.1 Å². The third-order valence-corrected chi connectivity index (χ3v) is 4.69. The number of benzene rings is 1. The quantitative estimate of drug-likeness (QED) is 0.890. The highest BCUT2D eigenvalue weighted by molar-refractivity contribution is 9.10. The molecule has 0 amide bonds. The third kappa shape index (κ3) is 3.80. The highest BCUT2D eigenvalue weighted by Gasteiger charge is 2.30.